The van der Waals surface area contributed by atoms with Crippen molar-refractivity contribution in [3.05, 3.63) is 29.8 Å². The summed E-state index contributed by atoms with van der Waals surface area (Å²) >= 11 is 0. The third-order valence-corrected chi connectivity index (χ3v) is 2.74. The molecule has 1 saturated heterocycles. The number of rotatable bonds is 2. The number of carbonyl (C=O) groups excluding carboxylic acids is 1. The third-order valence-electron chi connectivity index (χ3n) is 2.74. The van der Waals surface area contributed by atoms with Crippen molar-refractivity contribution in [3.63, 3.8) is 0 Å². The lowest BCUT2D eigenvalue weighted by atomic mass is 10.2. The van der Waals surface area contributed by atoms with E-state index in [2.05, 4.69) is 4.98 Å². The molecule has 0 spiro atoms. The Hall–Kier alpha value is -1.49. The van der Waals surface area contributed by atoms with Crippen molar-refractivity contribution in [2.24, 2.45) is 0 Å². The minimum absolute atomic E-state index is 0.0932. The molecule has 1 atom stereocenters. The molecule has 1 unspecified atom stereocenters. The average Bonchev–Trinajstić information content (AvgIpc) is 2.76. The number of nitrogens with zero attached hydrogens (tertiary/aromatic N) is 2. The zero-order valence-corrected chi connectivity index (χ0v) is 9.02. The first kappa shape index (κ1) is 11.0. The fraction of sp³-hybridized carbons (Fsp3) is 0.455. The van der Waals surface area contributed by atoms with Gasteiger partial charge in [0.15, 0.2) is 0 Å². The highest BCUT2D eigenvalue weighted by molar-refractivity contribution is 5.94. The van der Waals surface area contributed by atoms with Crippen LogP contribution in [0.3, 0.4) is 0 Å². The molecule has 0 radical (unpaired) electrons. The third kappa shape index (κ3) is 2.19. The van der Waals surface area contributed by atoms with Crippen LogP contribution in [0.1, 0.15) is 16.8 Å². The Labute approximate surface area is 93.0 Å². The van der Waals surface area contributed by atoms with Crippen LogP contribution in [0.15, 0.2) is 18.3 Å². The van der Waals surface area contributed by atoms with Crippen molar-refractivity contribution in [3.8, 4) is 0 Å². The second-order valence-corrected chi connectivity index (χ2v) is 3.76. The van der Waals surface area contributed by atoms with Crippen molar-refractivity contribution in [2.45, 2.75) is 12.5 Å². The Morgan fingerprint density at radius 1 is 1.69 bits per heavy atom. The molecule has 0 bridgehead atoms. The number of pyridine rings is 1. The van der Waals surface area contributed by atoms with Gasteiger partial charge < -0.3 is 9.64 Å². The summed E-state index contributed by atoms with van der Waals surface area (Å²) in [7, 11) is 1.63. The molecule has 1 aromatic rings. The Kier molecular flexibility index (Phi) is 3.14. The fourth-order valence-corrected chi connectivity index (χ4v) is 1.82. The van der Waals surface area contributed by atoms with Gasteiger partial charge in [0.05, 0.1) is 6.10 Å². The molecule has 2 rings (SSSR count). The topological polar surface area (TPSA) is 42.4 Å². The second-order valence-electron chi connectivity index (χ2n) is 3.76. The van der Waals surface area contributed by atoms with Crippen molar-refractivity contribution in [1.82, 2.24) is 9.88 Å². The molecule has 2 heterocycles. The highest BCUT2D eigenvalue weighted by Crippen LogP contribution is 2.15. The van der Waals surface area contributed by atoms with Crippen LogP contribution in [0.5, 0.6) is 0 Å². The van der Waals surface area contributed by atoms with Crippen LogP contribution in [-0.2, 0) is 4.74 Å². The van der Waals surface area contributed by atoms with Crippen molar-refractivity contribution in [2.75, 3.05) is 20.2 Å². The molecule has 1 aliphatic rings. The number of amides is 1. The molecule has 0 N–H and O–H groups in total. The van der Waals surface area contributed by atoms with Gasteiger partial charge in [0, 0.05) is 38.0 Å². The highest BCUT2D eigenvalue weighted by atomic mass is 19.1. The highest BCUT2D eigenvalue weighted by Gasteiger charge is 2.26. The van der Waals surface area contributed by atoms with E-state index in [-0.39, 0.29) is 12.0 Å². The number of likely N-dealkylation sites (tertiary alicyclic amines) is 1. The molecule has 0 aromatic carbocycles. The summed E-state index contributed by atoms with van der Waals surface area (Å²) < 4.78 is 18.0. The van der Waals surface area contributed by atoms with Crippen LogP contribution < -0.4 is 0 Å². The summed E-state index contributed by atoms with van der Waals surface area (Å²) in [5.74, 6) is -0.797. The molecule has 1 amide bonds. The monoisotopic (exact) mass is 224 g/mol. The van der Waals surface area contributed by atoms with E-state index in [0.717, 1.165) is 12.5 Å². The maximum absolute atomic E-state index is 12.9. The molecule has 0 aliphatic carbocycles. The predicted octanol–water partition coefficient (Wildman–Crippen LogP) is 1.08. The van der Waals surface area contributed by atoms with Crippen molar-refractivity contribution >= 4 is 5.91 Å². The van der Waals surface area contributed by atoms with E-state index in [1.165, 1.54) is 12.3 Å². The SMILES string of the molecule is COC1CCN(C(=O)c2ccnc(F)c2)C1. The molecule has 1 fully saturated rings. The number of methoxy groups -OCH3 is 1. The quantitative estimate of drug-likeness (QED) is 0.706. The summed E-state index contributed by atoms with van der Waals surface area (Å²) in [6, 6.07) is 2.67. The molecule has 4 nitrogen and oxygen atoms in total. The Bertz CT molecular complexity index is 397. The predicted molar refractivity (Wildman–Crippen MR) is 55.5 cm³/mol. The molecule has 16 heavy (non-hydrogen) atoms. The zero-order chi connectivity index (χ0) is 11.5. The number of halogens is 1. The van der Waals surface area contributed by atoms with E-state index in [4.69, 9.17) is 4.74 Å². The molecular formula is C11H13FN2O2. The number of hydrogen-bond donors (Lipinski definition) is 0. The summed E-state index contributed by atoms with van der Waals surface area (Å²) in [5.41, 5.74) is 0.337. The number of ether oxygens (including phenoxy) is 1. The summed E-state index contributed by atoms with van der Waals surface area (Å²) in [4.78, 5) is 17.0. The maximum atomic E-state index is 12.9. The van der Waals surface area contributed by atoms with Crippen LogP contribution in [-0.4, -0.2) is 42.1 Å². The molecular weight excluding hydrogens is 211 g/mol. The van der Waals surface area contributed by atoms with Gasteiger partial charge in [-0.15, -0.1) is 0 Å². The van der Waals surface area contributed by atoms with E-state index in [1.807, 2.05) is 0 Å². The molecule has 5 heteroatoms. The molecule has 0 saturated carbocycles. The number of carbonyl (C=O) groups is 1. The van der Waals surface area contributed by atoms with E-state index in [9.17, 15) is 9.18 Å². The van der Waals surface area contributed by atoms with Gasteiger partial charge in [-0.1, -0.05) is 0 Å². The van der Waals surface area contributed by atoms with E-state index < -0.39 is 5.95 Å². The minimum atomic E-state index is -0.631. The lowest BCUT2D eigenvalue weighted by Crippen LogP contribution is -2.30. The first-order valence-corrected chi connectivity index (χ1v) is 5.14. The van der Waals surface area contributed by atoms with Crippen molar-refractivity contribution in [1.29, 1.82) is 0 Å². The van der Waals surface area contributed by atoms with Gasteiger partial charge in [0.1, 0.15) is 0 Å². The number of aromatic nitrogens is 1. The van der Waals surface area contributed by atoms with Crippen LogP contribution in [0.25, 0.3) is 0 Å². The van der Waals surface area contributed by atoms with E-state index >= 15 is 0 Å². The maximum Gasteiger partial charge on any atom is 0.254 e. The smallest absolute Gasteiger partial charge is 0.254 e. The minimum Gasteiger partial charge on any atom is -0.380 e. The molecule has 1 aromatic heterocycles. The van der Waals surface area contributed by atoms with E-state index in [0.29, 0.717) is 18.7 Å². The van der Waals surface area contributed by atoms with Gasteiger partial charge >= 0.3 is 0 Å². The van der Waals surface area contributed by atoms with Gasteiger partial charge in [0.2, 0.25) is 5.95 Å². The van der Waals surface area contributed by atoms with Crippen LogP contribution in [0.2, 0.25) is 0 Å². The Balaban J connectivity index is 2.08. The van der Waals surface area contributed by atoms with Gasteiger partial charge in [-0.2, -0.15) is 4.39 Å². The summed E-state index contributed by atoms with van der Waals surface area (Å²) in [6.07, 6.45) is 2.22. The Morgan fingerprint density at radius 3 is 3.12 bits per heavy atom. The molecule has 86 valence electrons. The lowest BCUT2D eigenvalue weighted by molar-refractivity contribution is 0.0723. The fourth-order valence-electron chi connectivity index (χ4n) is 1.82. The zero-order valence-electron chi connectivity index (χ0n) is 9.02. The van der Waals surface area contributed by atoms with Crippen molar-refractivity contribution < 1.29 is 13.9 Å². The van der Waals surface area contributed by atoms with Gasteiger partial charge in [-0.3, -0.25) is 4.79 Å². The average molecular weight is 224 g/mol. The van der Waals surface area contributed by atoms with Gasteiger partial charge in [0.25, 0.3) is 5.91 Å². The summed E-state index contributed by atoms with van der Waals surface area (Å²) in [5, 5.41) is 0. The van der Waals surface area contributed by atoms with E-state index in [1.54, 1.807) is 12.0 Å². The van der Waals surface area contributed by atoms with Gasteiger partial charge in [-0.05, 0) is 12.5 Å². The first-order chi connectivity index (χ1) is 7.70. The second kappa shape index (κ2) is 4.57. The van der Waals surface area contributed by atoms with Gasteiger partial charge in [-0.25, -0.2) is 4.98 Å². The van der Waals surface area contributed by atoms with Crippen LogP contribution in [0, 0.1) is 5.95 Å². The lowest BCUT2D eigenvalue weighted by Gasteiger charge is -2.15. The summed E-state index contributed by atoms with van der Waals surface area (Å²) in [6.45, 7) is 1.22. The van der Waals surface area contributed by atoms with Crippen LogP contribution in [0.4, 0.5) is 4.39 Å². The normalized spacial score (nSPS) is 20.1. The molecule has 1 aliphatic heterocycles. The number of hydrogen-bond acceptors (Lipinski definition) is 3. The Morgan fingerprint density at radius 2 is 2.50 bits per heavy atom. The first-order valence-electron chi connectivity index (χ1n) is 5.14. The van der Waals surface area contributed by atoms with Crippen LogP contribution >= 0.6 is 0 Å². The standard InChI is InChI=1S/C11H13FN2O2/c1-16-9-3-5-14(7-9)11(15)8-2-4-13-10(12)6-8/h2,4,6,9H,3,5,7H2,1H3. The largest absolute Gasteiger partial charge is 0.380 e.